The Kier molecular flexibility index (Phi) is 2.62. The first-order valence-corrected chi connectivity index (χ1v) is 5.11. The quantitative estimate of drug-likeness (QED) is 0.759. The molecule has 3 heteroatoms. The van der Waals surface area contributed by atoms with Crippen LogP contribution in [0.25, 0.3) is 0 Å². The summed E-state index contributed by atoms with van der Waals surface area (Å²) < 4.78 is 10.6. The van der Waals surface area contributed by atoms with Crippen LogP contribution in [0.1, 0.15) is 25.0 Å². The van der Waals surface area contributed by atoms with Gasteiger partial charge in [-0.15, -0.1) is 0 Å². The highest BCUT2D eigenvalue weighted by Crippen LogP contribution is 2.35. The molecule has 15 heavy (non-hydrogen) atoms. The van der Waals surface area contributed by atoms with Crippen LogP contribution in [0.5, 0.6) is 11.5 Å². The molecule has 0 saturated heterocycles. The van der Waals surface area contributed by atoms with Gasteiger partial charge in [0, 0.05) is 6.42 Å². The number of hydrogen-bond donors (Lipinski definition) is 0. The lowest BCUT2D eigenvalue weighted by molar-refractivity contribution is -0.116. The number of benzene rings is 1. The van der Waals surface area contributed by atoms with E-state index in [1.807, 2.05) is 12.1 Å². The topological polar surface area (TPSA) is 35.5 Å². The van der Waals surface area contributed by atoms with Crippen molar-refractivity contribution in [2.75, 3.05) is 6.79 Å². The summed E-state index contributed by atoms with van der Waals surface area (Å²) in [6.07, 6.45) is 1.37. The van der Waals surface area contributed by atoms with Crippen molar-refractivity contribution in [2.24, 2.45) is 0 Å². The Bertz CT molecular complexity index is 396. The van der Waals surface area contributed by atoms with Crippen LogP contribution in [-0.4, -0.2) is 12.6 Å². The number of fused-ring (bicyclic) bond motifs is 1. The van der Waals surface area contributed by atoms with Crippen LogP contribution in [0.2, 0.25) is 0 Å². The standard InChI is InChI=1S/C12H14O3/c1-3-9-5-11-12(15-7-14-11)6-10(9)4-8(2)13/h5-6H,3-4,7H2,1-2H3. The molecule has 0 aromatic heterocycles. The van der Waals surface area contributed by atoms with Crippen molar-refractivity contribution in [1.29, 1.82) is 0 Å². The number of aryl methyl sites for hydroxylation is 1. The summed E-state index contributed by atoms with van der Waals surface area (Å²) in [7, 11) is 0. The Balaban J connectivity index is 2.39. The molecule has 0 bridgehead atoms. The van der Waals surface area contributed by atoms with E-state index in [0.29, 0.717) is 6.42 Å². The second-order valence-electron chi connectivity index (χ2n) is 3.71. The highest BCUT2D eigenvalue weighted by molar-refractivity contribution is 5.79. The maximum absolute atomic E-state index is 11.1. The van der Waals surface area contributed by atoms with E-state index in [0.717, 1.165) is 29.0 Å². The SMILES string of the molecule is CCc1cc2c(cc1CC(C)=O)OCO2. The van der Waals surface area contributed by atoms with Gasteiger partial charge in [-0.05, 0) is 36.6 Å². The van der Waals surface area contributed by atoms with Crippen molar-refractivity contribution in [3.8, 4) is 11.5 Å². The summed E-state index contributed by atoms with van der Waals surface area (Å²) in [6.45, 7) is 3.95. The molecule has 1 aromatic rings. The van der Waals surface area contributed by atoms with Gasteiger partial charge in [0.05, 0.1) is 0 Å². The second-order valence-corrected chi connectivity index (χ2v) is 3.71. The molecular weight excluding hydrogens is 192 g/mol. The summed E-state index contributed by atoms with van der Waals surface area (Å²) in [5.74, 6) is 1.71. The van der Waals surface area contributed by atoms with Gasteiger partial charge in [-0.25, -0.2) is 0 Å². The zero-order valence-electron chi connectivity index (χ0n) is 9.00. The molecule has 0 fully saturated rings. The second kappa shape index (κ2) is 3.93. The average molecular weight is 206 g/mol. The van der Waals surface area contributed by atoms with Crippen molar-refractivity contribution in [3.05, 3.63) is 23.3 Å². The van der Waals surface area contributed by atoms with Gasteiger partial charge in [-0.2, -0.15) is 0 Å². The number of Topliss-reactive ketones (excluding diaryl/α,β-unsaturated/α-hetero) is 1. The summed E-state index contributed by atoms with van der Waals surface area (Å²) >= 11 is 0. The van der Waals surface area contributed by atoms with Crippen molar-refractivity contribution in [1.82, 2.24) is 0 Å². The van der Waals surface area contributed by atoms with Crippen LogP contribution in [0.4, 0.5) is 0 Å². The maximum Gasteiger partial charge on any atom is 0.231 e. The fourth-order valence-electron chi connectivity index (χ4n) is 1.79. The van der Waals surface area contributed by atoms with Crippen LogP contribution in [-0.2, 0) is 17.6 Å². The number of ketones is 1. The van der Waals surface area contributed by atoms with Crippen molar-refractivity contribution < 1.29 is 14.3 Å². The Labute approximate surface area is 89.0 Å². The lowest BCUT2D eigenvalue weighted by Crippen LogP contribution is -2.00. The Morgan fingerprint density at radius 2 is 1.87 bits per heavy atom. The number of carbonyl (C=O) groups excluding carboxylic acids is 1. The molecule has 1 aliphatic heterocycles. The normalized spacial score (nSPS) is 12.9. The minimum atomic E-state index is 0.170. The van der Waals surface area contributed by atoms with Gasteiger partial charge in [-0.3, -0.25) is 4.79 Å². The average Bonchev–Trinajstić information content (AvgIpc) is 2.62. The third-order valence-corrected chi connectivity index (χ3v) is 2.52. The lowest BCUT2D eigenvalue weighted by atomic mass is 10.00. The van der Waals surface area contributed by atoms with Gasteiger partial charge in [-0.1, -0.05) is 6.92 Å². The first-order valence-electron chi connectivity index (χ1n) is 5.11. The van der Waals surface area contributed by atoms with Gasteiger partial charge in [0.25, 0.3) is 0 Å². The Morgan fingerprint density at radius 1 is 1.27 bits per heavy atom. The van der Waals surface area contributed by atoms with Crippen molar-refractivity contribution >= 4 is 5.78 Å². The summed E-state index contributed by atoms with van der Waals surface area (Å²) in [6, 6.07) is 3.89. The number of carbonyl (C=O) groups is 1. The monoisotopic (exact) mass is 206 g/mol. The molecule has 0 aliphatic carbocycles. The van der Waals surface area contributed by atoms with Gasteiger partial charge >= 0.3 is 0 Å². The molecule has 0 N–H and O–H groups in total. The zero-order valence-corrected chi connectivity index (χ0v) is 9.00. The molecule has 1 heterocycles. The van der Waals surface area contributed by atoms with Crippen LogP contribution in [0, 0.1) is 0 Å². The van der Waals surface area contributed by atoms with Crippen LogP contribution in [0.15, 0.2) is 12.1 Å². The number of hydrogen-bond acceptors (Lipinski definition) is 3. The minimum Gasteiger partial charge on any atom is -0.454 e. The van der Waals surface area contributed by atoms with Crippen LogP contribution >= 0.6 is 0 Å². The molecule has 3 nitrogen and oxygen atoms in total. The first-order chi connectivity index (χ1) is 7.20. The molecule has 0 radical (unpaired) electrons. The third kappa shape index (κ3) is 1.96. The molecule has 0 amide bonds. The van der Waals surface area contributed by atoms with Gasteiger partial charge in [0.2, 0.25) is 6.79 Å². The minimum absolute atomic E-state index is 0.170. The number of ether oxygens (including phenoxy) is 2. The summed E-state index contributed by atoms with van der Waals surface area (Å²) in [5.41, 5.74) is 2.21. The predicted molar refractivity (Wildman–Crippen MR) is 56.3 cm³/mol. The smallest absolute Gasteiger partial charge is 0.231 e. The zero-order chi connectivity index (χ0) is 10.8. The van der Waals surface area contributed by atoms with Crippen LogP contribution in [0.3, 0.4) is 0 Å². The van der Waals surface area contributed by atoms with E-state index in [4.69, 9.17) is 9.47 Å². The molecule has 0 unspecified atom stereocenters. The molecule has 1 aliphatic rings. The summed E-state index contributed by atoms with van der Waals surface area (Å²) in [4.78, 5) is 11.1. The highest BCUT2D eigenvalue weighted by atomic mass is 16.7. The fourth-order valence-corrected chi connectivity index (χ4v) is 1.79. The molecule has 0 saturated carbocycles. The predicted octanol–water partition coefficient (Wildman–Crippen LogP) is 2.11. The van der Waals surface area contributed by atoms with E-state index >= 15 is 0 Å². The molecular formula is C12H14O3. The van der Waals surface area contributed by atoms with E-state index in [-0.39, 0.29) is 12.6 Å². The molecule has 0 atom stereocenters. The Morgan fingerprint density at radius 3 is 2.40 bits per heavy atom. The molecule has 0 spiro atoms. The van der Waals surface area contributed by atoms with Crippen LogP contribution < -0.4 is 9.47 Å². The Hall–Kier alpha value is -1.51. The summed E-state index contributed by atoms with van der Waals surface area (Å²) in [5, 5.41) is 0. The van der Waals surface area contributed by atoms with Crippen molar-refractivity contribution in [2.45, 2.75) is 26.7 Å². The van der Waals surface area contributed by atoms with E-state index in [1.54, 1.807) is 6.92 Å². The number of rotatable bonds is 3. The van der Waals surface area contributed by atoms with Gasteiger partial charge in [0.15, 0.2) is 11.5 Å². The van der Waals surface area contributed by atoms with E-state index in [9.17, 15) is 4.79 Å². The van der Waals surface area contributed by atoms with Gasteiger partial charge in [0.1, 0.15) is 5.78 Å². The van der Waals surface area contributed by atoms with E-state index in [1.165, 1.54) is 0 Å². The largest absolute Gasteiger partial charge is 0.454 e. The molecule has 2 rings (SSSR count). The third-order valence-electron chi connectivity index (χ3n) is 2.52. The fraction of sp³-hybridized carbons (Fsp3) is 0.417. The van der Waals surface area contributed by atoms with E-state index in [2.05, 4.69) is 6.92 Å². The van der Waals surface area contributed by atoms with Gasteiger partial charge < -0.3 is 9.47 Å². The first kappa shape index (κ1) is 10.0. The lowest BCUT2D eigenvalue weighted by Gasteiger charge is -2.07. The maximum atomic E-state index is 11.1. The molecule has 80 valence electrons. The molecule has 1 aromatic carbocycles. The highest BCUT2D eigenvalue weighted by Gasteiger charge is 2.16. The van der Waals surface area contributed by atoms with Crippen molar-refractivity contribution in [3.63, 3.8) is 0 Å². The van der Waals surface area contributed by atoms with E-state index < -0.39 is 0 Å².